The van der Waals surface area contributed by atoms with Gasteiger partial charge in [0.2, 0.25) is 0 Å². The lowest BCUT2D eigenvalue weighted by Gasteiger charge is -2.41. The SMILES string of the molecule is CCNC(c1ccc(F)c(F)c1F)C1(C)CCCCO1. The molecule has 0 aromatic heterocycles. The van der Waals surface area contributed by atoms with Crippen LogP contribution in [0.3, 0.4) is 0 Å². The summed E-state index contributed by atoms with van der Waals surface area (Å²) in [6.45, 7) is 4.96. The fourth-order valence-electron chi connectivity index (χ4n) is 2.81. The summed E-state index contributed by atoms with van der Waals surface area (Å²) in [6, 6.07) is 1.76. The summed E-state index contributed by atoms with van der Waals surface area (Å²) in [5, 5.41) is 3.14. The highest BCUT2D eigenvalue weighted by Crippen LogP contribution is 2.38. The molecule has 20 heavy (non-hydrogen) atoms. The van der Waals surface area contributed by atoms with Crippen LogP contribution in [0.4, 0.5) is 13.2 Å². The molecule has 1 saturated heterocycles. The summed E-state index contributed by atoms with van der Waals surface area (Å²) in [5.41, 5.74) is -0.491. The van der Waals surface area contributed by atoms with E-state index < -0.39 is 29.1 Å². The number of likely N-dealkylation sites (N-methyl/N-ethyl adjacent to an activating group) is 1. The number of hydrogen-bond acceptors (Lipinski definition) is 2. The second kappa shape index (κ2) is 6.14. The van der Waals surface area contributed by atoms with Crippen molar-refractivity contribution in [2.75, 3.05) is 13.2 Å². The Morgan fingerprint density at radius 2 is 2.00 bits per heavy atom. The zero-order chi connectivity index (χ0) is 14.8. The Morgan fingerprint density at radius 1 is 1.25 bits per heavy atom. The maximum absolute atomic E-state index is 14.1. The largest absolute Gasteiger partial charge is 0.373 e. The fraction of sp³-hybridized carbons (Fsp3) is 0.600. The van der Waals surface area contributed by atoms with E-state index in [1.165, 1.54) is 6.07 Å². The quantitative estimate of drug-likeness (QED) is 0.852. The molecule has 0 spiro atoms. The van der Waals surface area contributed by atoms with E-state index in [4.69, 9.17) is 4.74 Å². The lowest BCUT2D eigenvalue weighted by atomic mass is 9.83. The van der Waals surface area contributed by atoms with Crippen LogP contribution in [0.2, 0.25) is 0 Å². The van der Waals surface area contributed by atoms with Crippen molar-refractivity contribution in [3.8, 4) is 0 Å². The number of rotatable bonds is 4. The topological polar surface area (TPSA) is 21.3 Å². The minimum atomic E-state index is -1.43. The van der Waals surface area contributed by atoms with E-state index in [1.807, 2.05) is 13.8 Å². The van der Waals surface area contributed by atoms with Gasteiger partial charge < -0.3 is 10.1 Å². The number of ether oxygens (including phenoxy) is 1. The molecule has 0 radical (unpaired) electrons. The minimum absolute atomic E-state index is 0.121. The van der Waals surface area contributed by atoms with Crippen LogP contribution in [-0.4, -0.2) is 18.8 Å². The molecule has 2 atom stereocenters. The highest BCUT2D eigenvalue weighted by atomic mass is 19.2. The van der Waals surface area contributed by atoms with Crippen molar-refractivity contribution < 1.29 is 17.9 Å². The fourth-order valence-corrected chi connectivity index (χ4v) is 2.81. The summed E-state index contributed by atoms with van der Waals surface area (Å²) < 4.78 is 46.4. The first-order chi connectivity index (χ1) is 9.49. The van der Waals surface area contributed by atoms with Crippen LogP contribution in [0.1, 0.15) is 44.7 Å². The van der Waals surface area contributed by atoms with E-state index in [2.05, 4.69) is 5.32 Å². The molecule has 1 aromatic carbocycles. The molecule has 1 aliphatic heterocycles. The van der Waals surface area contributed by atoms with E-state index in [0.717, 1.165) is 25.3 Å². The summed E-state index contributed by atoms with van der Waals surface area (Å²) in [5.74, 6) is -3.73. The first-order valence-corrected chi connectivity index (χ1v) is 7.00. The second-order valence-electron chi connectivity index (χ2n) is 5.37. The summed E-state index contributed by atoms with van der Waals surface area (Å²) >= 11 is 0. The molecule has 1 heterocycles. The Labute approximate surface area is 117 Å². The van der Waals surface area contributed by atoms with Gasteiger partial charge in [0, 0.05) is 12.2 Å². The van der Waals surface area contributed by atoms with Crippen molar-refractivity contribution in [1.29, 1.82) is 0 Å². The highest BCUT2D eigenvalue weighted by Gasteiger charge is 2.39. The normalized spacial score (nSPS) is 24.6. The third-order valence-electron chi connectivity index (χ3n) is 3.89. The molecular formula is C15H20F3NO. The summed E-state index contributed by atoms with van der Waals surface area (Å²) in [6.07, 6.45) is 2.70. The van der Waals surface area contributed by atoms with Gasteiger partial charge in [-0.25, -0.2) is 13.2 Å². The number of benzene rings is 1. The van der Waals surface area contributed by atoms with Gasteiger partial charge in [0.1, 0.15) is 0 Å². The molecule has 0 saturated carbocycles. The molecule has 1 N–H and O–H groups in total. The van der Waals surface area contributed by atoms with Crippen LogP contribution in [0, 0.1) is 17.5 Å². The molecule has 0 bridgehead atoms. The van der Waals surface area contributed by atoms with Crippen LogP contribution in [0.25, 0.3) is 0 Å². The second-order valence-corrected chi connectivity index (χ2v) is 5.37. The third kappa shape index (κ3) is 2.83. The number of hydrogen-bond donors (Lipinski definition) is 1. The van der Waals surface area contributed by atoms with Crippen LogP contribution in [0.15, 0.2) is 12.1 Å². The average Bonchev–Trinajstić information content (AvgIpc) is 2.44. The molecule has 2 nitrogen and oxygen atoms in total. The lowest BCUT2D eigenvalue weighted by molar-refractivity contribution is -0.0902. The molecule has 1 aliphatic rings. The van der Waals surface area contributed by atoms with Gasteiger partial charge in [0.25, 0.3) is 0 Å². The molecule has 0 amide bonds. The lowest BCUT2D eigenvalue weighted by Crippen LogP contribution is -2.46. The predicted octanol–water partition coefficient (Wildman–Crippen LogP) is 3.71. The third-order valence-corrected chi connectivity index (χ3v) is 3.89. The van der Waals surface area contributed by atoms with Crippen LogP contribution in [0.5, 0.6) is 0 Å². The predicted molar refractivity (Wildman–Crippen MR) is 70.9 cm³/mol. The smallest absolute Gasteiger partial charge is 0.194 e. The number of halogens is 3. The van der Waals surface area contributed by atoms with Crippen LogP contribution >= 0.6 is 0 Å². The van der Waals surface area contributed by atoms with Crippen molar-refractivity contribution in [2.24, 2.45) is 0 Å². The molecule has 1 fully saturated rings. The molecule has 2 unspecified atom stereocenters. The molecule has 1 aromatic rings. The Balaban J connectivity index is 2.40. The first kappa shape index (κ1) is 15.3. The monoisotopic (exact) mass is 287 g/mol. The summed E-state index contributed by atoms with van der Waals surface area (Å²) in [4.78, 5) is 0. The van der Waals surface area contributed by atoms with Gasteiger partial charge in [-0.15, -0.1) is 0 Å². The van der Waals surface area contributed by atoms with Crippen molar-refractivity contribution in [2.45, 2.75) is 44.8 Å². The molecule has 112 valence electrons. The van der Waals surface area contributed by atoms with Crippen LogP contribution < -0.4 is 5.32 Å². The Morgan fingerprint density at radius 3 is 2.60 bits per heavy atom. The first-order valence-electron chi connectivity index (χ1n) is 7.00. The van der Waals surface area contributed by atoms with Crippen molar-refractivity contribution >= 4 is 0 Å². The molecule has 2 rings (SSSR count). The van der Waals surface area contributed by atoms with Gasteiger partial charge in [-0.05, 0) is 38.8 Å². The molecule has 0 aliphatic carbocycles. The van der Waals surface area contributed by atoms with Gasteiger partial charge in [0.15, 0.2) is 17.5 Å². The molecule has 5 heteroatoms. The summed E-state index contributed by atoms with van der Waals surface area (Å²) in [7, 11) is 0. The van der Waals surface area contributed by atoms with E-state index in [0.29, 0.717) is 13.2 Å². The van der Waals surface area contributed by atoms with Gasteiger partial charge in [0.05, 0.1) is 11.6 Å². The standard InChI is InChI=1S/C15H20F3NO/c1-3-19-14(15(2)8-4-5-9-20-15)10-6-7-11(16)13(18)12(10)17/h6-7,14,19H,3-5,8-9H2,1-2H3. The minimum Gasteiger partial charge on any atom is -0.373 e. The number of nitrogens with one attached hydrogen (secondary N) is 1. The van der Waals surface area contributed by atoms with Gasteiger partial charge in [-0.1, -0.05) is 13.0 Å². The Kier molecular flexibility index (Phi) is 4.70. The Hall–Kier alpha value is -1.07. The van der Waals surface area contributed by atoms with Gasteiger partial charge in [-0.3, -0.25) is 0 Å². The molecular weight excluding hydrogens is 267 g/mol. The van der Waals surface area contributed by atoms with Gasteiger partial charge >= 0.3 is 0 Å². The van der Waals surface area contributed by atoms with Gasteiger partial charge in [-0.2, -0.15) is 0 Å². The van der Waals surface area contributed by atoms with Crippen molar-refractivity contribution in [1.82, 2.24) is 5.32 Å². The maximum Gasteiger partial charge on any atom is 0.194 e. The Bertz CT molecular complexity index is 472. The zero-order valence-electron chi connectivity index (χ0n) is 11.8. The van der Waals surface area contributed by atoms with E-state index >= 15 is 0 Å². The van der Waals surface area contributed by atoms with Crippen LogP contribution in [-0.2, 0) is 4.74 Å². The van der Waals surface area contributed by atoms with E-state index in [-0.39, 0.29) is 5.56 Å². The zero-order valence-corrected chi connectivity index (χ0v) is 11.8. The van der Waals surface area contributed by atoms with Crippen molar-refractivity contribution in [3.05, 3.63) is 35.1 Å². The van der Waals surface area contributed by atoms with E-state index in [9.17, 15) is 13.2 Å². The highest BCUT2D eigenvalue weighted by molar-refractivity contribution is 5.26. The maximum atomic E-state index is 14.1. The van der Waals surface area contributed by atoms with Crippen molar-refractivity contribution in [3.63, 3.8) is 0 Å². The average molecular weight is 287 g/mol. The van der Waals surface area contributed by atoms with E-state index in [1.54, 1.807) is 0 Å².